The number of hydrogen-bond donors (Lipinski definition) is 7. The van der Waals surface area contributed by atoms with E-state index >= 15 is 0 Å². The Kier molecular flexibility index (Phi) is 11.8. The molecule has 2 fully saturated rings. The van der Waals surface area contributed by atoms with Crippen molar-refractivity contribution >= 4 is 29.7 Å². The van der Waals surface area contributed by atoms with E-state index in [0.29, 0.717) is 24.0 Å². The highest BCUT2D eigenvalue weighted by Gasteiger charge is 2.54. The van der Waals surface area contributed by atoms with Gasteiger partial charge < -0.3 is 50.6 Å². The lowest BCUT2D eigenvalue weighted by molar-refractivity contribution is -0.227. The van der Waals surface area contributed by atoms with Crippen LogP contribution >= 0.6 is 0 Å². The number of aromatic hydroxyl groups is 3. The van der Waals surface area contributed by atoms with Gasteiger partial charge in [0.25, 0.3) is 0 Å². The molecule has 2 aliphatic carbocycles. The molecule has 8 N–H and O–H groups in total. The van der Waals surface area contributed by atoms with Gasteiger partial charge in [-0.25, -0.2) is 4.79 Å². The fourth-order valence-corrected chi connectivity index (χ4v) is 5.88. The molecule has 0 heterocycles. The second kappa shape index (κ2) is 15.5. The molecule has 4 rings (SSSR count). The Morgan fingerprint density at radius 2 is 1.51 bits per heavy atom. The van der Waals surface area contributed by atoms with Crippen LogP contribution in [0.15, 0.2) is 48.6 Å². The maximum atomic E-state index is 13.6. The zero-order valence-electron chi connectivity index (χ0n) is 25.8. The number of aliphatic hydroxyl groups excluding tert-OH is 2. The Labute approximate surface area is 271 Å². The van der Waals surface area contributed by atoms with Gasteiger partial charge in [0.05, 0.1) is 12.2 Å². The monoisotopic (exact) mass is 655 g/mol. The third kappa shape index (κ3) is 8.76. The molecule has 13 heteroatoms. The first kappa shape index (κ1) is 35.6. The number of rotatable bonds is 14. The summed E-state index contributed by atoms with van der Waals surface area (Å²) < 4.78 is 17.2. The topological polar surface area (TPSA) is 226 Å². The Bertz CT molecular complexity index is 1500. The van der Waals surface area contributed by atoms with E-state index < -0.39 is 66.5 Å². The molecule has 0 aromatic heterocycles. The predicted octanol–water partition coefficient (Wildman–Crippen LogP) is 2.45. The van der Waals surface area contributed by atoms with E-state index in [0.717, 1.165) is 12.5 Å². The predicted molar refractivity (Wildman–Crippen MR) is 169 cm³/mol. The number of carbonyl (C=O) groups is 3. The summed E-state index contributed by atoms with van der Waals surface area (Å²) in [5, 5.41) is 61.3. The summed E-state index contributed by atoms with van der Waals surface area (Å²) in [6.45, 7) is -0.196. The zero-order chi connectivity index (χ0) is 34.2. The fraction of sp³-hybridized carbons (Fsp3) is 0.441. The molecular weight excluding hydrogens is 614 g/mol. The van der Waals surface area contributed by atoms with Crippen molar-refractivity contribution in [3.8, 4) is 23.0 Å². The zero-order valence-corrected chi connectivity index (χ0v) is 25.8. The van der Waals surface area contributed by atoms with Crippen molar-refractivity contribution in [1.82, 2.24) is 0 Å². The number of carbonyl (C=O) groups excluding carboxylic acids is 2. The smallest absolute Gasteiger partial charge is 0.336 e. The van der Waals surface area contributed by atoms with Crippen molar-refractivity contribution < 1.29 is 59.2 Å². The summed E-state index contributed by atoms with van der Waals surface area (Å²) in [5.41, 5.74) is 2.78. The average molecular weight is 656 g/mol. The molecule has 2 aromatic rings. The maximum Gasteiger partial charge on any atom is 0.336 e. The molecule has 0 aliphatic heterocycles. The van der Waals surface area contributed by atoms with Gasteiger partial charge in [-0.2, -0.15) is 0 Å². The van der Waals surface area contributed by atoms with Crippen LogP contribution in [0.4, 0.5) is 0 Å². The van der Waals surface area contributed by atoms with Crippen LogP contribution in [0.1, 0.15) is 56.1 Å². The highest BCUT2D eigenvalue weighted by molar-refractivity contribution is 6.00. The maximum absolute atomic E-state index is 13.6. The second-order valence-electron chi connectivity index (χ2n) is 11.9. The van der Waals surface area contributed by atoms with Crippen LogP contribution in [-0.2, 0) is 23.9 Å². The summed E-state index contributed by atoms with van der Waals surface area (Å²) in [5.74, 6) is -3.11. The number of hydrogen-bond acceptors (Lipinski definition) is 12. The van der Waals surface area contributed by atoms with E-state index in [9.17, 15) is 45.0 Å². The van der Waals surface area contributed by atoms with Crippen LogP contribution in [0, 0.1) is 0 Å². The third-order valence-electron chi connectivity index (χ3n) is 8.46. The number of aliphatic carboxylic acids is 1. The number of phenolic OH excluding ortho intramolecular Hbond substituents is 3. The van der Waals surface area contributed by atoms with E-state index in [4.69, 9.17) is 19.9 Å². The third-order valence-corrected chi connectivity index (χ3v) is 8.46. The highest BCUT2D eigenvalue weighted by atomic mass is 16.6. The van der Waals surface area contributed by atoms with Gasteiger partial charge in [0.2, 0.25) is 0 Å². The molecule has 0 spiro atoms. The van der Waals surface area contributed by atoms with E-state index in [2.05, 4.69) is 0 Å². The van der Waals surface area contributed by atoms with Gasteiger partial charge >= 0.3 is 5.97 Å². The van der Waals surface area contributed by atoms with E-state index in [1.54, 1.807) is 6.07 Å². The number of carboxylic acids is 1. The lowest BCUT2D eigenvalue weighted by atomic mass is 9.77. The summed E-state index contributed by atoms with van der Waals surface area (Å²) in [6.07, 6.45) is 2.55. The molecular formula is C34H41NO12. The molecule has 2 aromatic carbocycles. The minimum atomic E-state index is -2.11. The molecule has 0 unspecified atom stereocenters. The summed E-state index contributed by atoms with van der Waals surface area (Å²) in [4.78, 5) is 38.9. The lowest BCUT2D eigenvalue weighted by Gasteiger charge is -2.46. The van der Waals surface area contributed by atoms with Crippen molar-refractivity contribution in [3.63, 3.8) is 0 Å². The molecule has 2 saturated carbocycles. The van der Waals surface area contributed by atoms with Crippen molar-refractivity contribution in [2.45, 2.75) is 74.5 Å². The van der Waals surface area contributed by atoms with Crippen molar-refractivity contribution in [2.75, 3.05) is 19.8 Å². The molecule has 13 nitrogen and oxygen atoms in total. The summed E-state index contributed by atoms with van der Waals surface area (Å²) in [7, 11) is 0. The summed E-state index contributed by atoms with van der Waals surface area (Å²) >= 11 is 0. The van der Waals surface area contributed by atoms with Crippen molar-refractivity contribution in [1.29, 1.82) is 0 Å². The van der Waals surface area contributed by atoms with Gasteiger partial charge in [0.15, 0.2) is 40.2 Å². The second-order valence-corrected chi connectivity index (χ2v) is 11.9. The Hall–Kier alpha value is -4.27. The van der Waals surface area contributed by atoms with E-state index in [1.165, 1.54) is 48.6 Å². The van der Waals surface area contributed by atoms with Gasteiger partial charge in [-0.05, 0) is 60.4 Å². The quantitative estimate of drug-likeness (QED) is 0.115. The number of nitrogens with two attached hydrogens (primary N) is 1. The Morgan fingerprint density at radius 3 is 2.15 bits per heavy atom. The summed E-state index contributed by atoms with van der Waals surface area (Å²) in [6, 6.07) is 8.55. The molecule has 47 heavy (non-hydrogen) atoms. The number of carboxylic acid groups (broad SMARTS) is 1. The molecule has 0 bridgehead atoms. The SMILES string of the molecule is NCCOc1ccc(C=CC(=O)CO[C@@]2(C(=O)O)C[C@@H](O)[C@@H](O)[C@@H](OC3(C(=O)C=Cc4ccc(O)c(O)c4)CCCCC3)C2)cc1O. The van der Waals surface area contributed by atoms with Crippen molar-refractivity contribution in [3.05, 3.63) is 59.7 Å². The van der Waals surface area contributed by atoms with Gasteiger partial charge in [0, 0.05) is 19.4 Å². The van der Waals surface area contributed by atoms with Gasteiger partial charge in [0.1, 0.15) is 24.9 Å². The number of ether oxygens (including phenoxy) is 3. The first-order chi connectivity index (χ1) is 22.4. The Morgan fingerprint density at radius 1 is 0.851 bits per heavy atom. The Balaban J connectivity index is 1.48. The van der Waals surface area contributed by atoms with Crippen LogP contribution < -0.4 is 10.5 Å². The molecule has 4 atom stereocenters. The minimum Gasteiger partial charge on any atom is -0.504 e. The number of ketones is 2. The van der Waals surface area contributed by atoms with Crippen molar-refractivity contribution in [2.24, 2.45) is 5.73 Å². The van der Waals surface area contributed by atoms with Crippen LogP contribution in [-0.4, -0.2) is 97.4 Å². The number of benzene rings is 2. The van der Waals surface area contributed by atoms with Crippen LogP contribution in [0.25, 0.3) is 12.2 Å². The van der Waals surface area contributed by atoms with E-state index in [1.807, 2.05) is 0 Å². The minimum absolute atomic E-state index is 0.153. The first-order valence-electron chi connectivity index (χ1n) is 15.4. The highest BCUT2D eigenvalue weighted by Crippen LogP contribution is 2.41. The largest absolute Gasteiger partial charge is 0.504 e. The molecule has 0 amide bonds. The normalized spacial score (nSPS) is 24.4. The van der Waals surface area contributed by atoms with Gasteiger partial charge in [-0.15, -0.1) is 0 Å². The number of phenols is 3. The van der Waals surface area contributed by atoms with E-state index in [-0.39, 0.29) is 49.0 Å². The molecule has 0 saturated heterocycles. The number of aliphatic hydroxyl groups is 2. The lowest BCUT2D eigenvalue weighted by Crippen LogP contribution is -2.60. The molecule has 0 radical (unpaired) electrons. The fourth-order valence-electron chi connectivity index (χ4n) is 5.88. The molecule has 2 aliphatic rings. The first-order valence-corrected chi connectivity index (χ1v) is 15.4. The standard InChI is InChI=1S/C34H41NO12/c35-14-15-45-28-10-6-21(17-26(28)39)4-8-23(36)20-46-34(32(43)44)18-27(40)31(42)29(19-34)47-33(12-2-1-3-13-33)30(41)11-7-22-5-9-24(37)25(38)16-22/h4-11,16-17,27,29,31,37-40,42H,1-3,12-15,18-20,35H2,(H,43,44)/t27-,29+,31-,34+/m1/s1. The molecule has 254 valence electrons. The van der Waals surface area contributed by atoms with Crippen LogP contribution in [0.3, 0.4) is 0 Å². The van der Waals surface area contributed by atoms with Crippen LogP contribution in [0.2, 0.25) is 0 Å². The van der Waals surface area contributed by atoms with Gasteiger partial charge in [-0.3, -0.25) is 9.59 Å². The van der Waals surface area contributed by atoms with Crippen LogP contribution in [0.5, 0.6) is 23.0 Å². The van der Waals surface area contributed by atoms with Gasteiger partial charge in [-0.1, -0.05) is 43.5 Å². The average Bonchev–Trinajstić information content (AvgIpc) is 3.05.